The van der Waals surface area contributed by atoms with E-state index in [0.717, 1.165) is 11.6 Å². The van der Waals surface area contributed by atoms with Crippen molar-refractivity contribution in [3.63, 3.8) is 0 Å². The molecule has 11 heteroatoms. The van der Waals surface area contributed by atoms with Crippen molar-refractivity contribution in [1.29, 1.82) is 0 Å². The van der Waals surface area contributed by atoms with Gasteiger partial charge in [0.1, 0.15) is 6.33 Å². The van der Waals surface area contributed by atoms with E-state index in [0.29, 0.717) is 36.6 Å². The molecule has 1 amide bonds. The smallest absolute Gasteiger partial charge is 0.351 e. The second-order valence-corrected chi connectivity index (χ2v) is 7.92. The number of hydrogen-bond donors (Lipinski definition) is 0. The van der Waals surface area contributed by atoms with E-state index in [1.165, 1.54) is 29.4 Å². The summed E-state index contributed by atoms with van der Waals surface area (Å²) >= 11 is 0. The van der Waals surface area contributed by atoms with Crippen LogP contribution in [-0.4, -0.2) is 61.9 Å². The summed E-state index contributed by atoms with van der Waals surface area (Å²) in [5, 5.41) is 8.50. The second-order valence-electron chi connectivity index (χ2n) is 7.92. The number of fused-ring (bicyclic) bond motifs is 1. The van der Waals surface area contributed by atoms with Crippen LogP contribution in [0.1, 0.15) is 21.5 Å². The molecule has 0 N–H and O–H groups in total. The maximum absolute atomic E-state index is 13.3. The highest BCUT2D eigenvalue weighted by Crippen LogP contribution is 2.32. The van der Waals surface area contributed by atoms with Gasteiger partial charge in [0.2, 0.25) is 0 Å². The normalized spacial score (nSPS) is 14.6. The molecule has 2 aromatic heterocycles. The Hall–Kier alpha value is -4.02. The predicted molar refractivity (Wildman–Crippen MR) is 118 cm³/mol. The van der Waals surface area contributed by atoms with Crippen LogP contribution in [0.2, 0.25) is 0 Å². The molecule has 8 nitrogen and oxygen atoms in total. The third kappa shape index (κ3) is 4.16. The minimum absolute atomic E-state index is 0.259. The van der Waals surface area contributed by atoms with Crippen molar-refractivity contribution in [3.05, 3.63) is 77.6 Å². The molecule has 1 fully saturated rings. The molecule has 3 heterocycles. The molecule has 0 radical (unpaired) electrons. The number of alkyl halides is 3. The summed E-state index contributed by atoms with van der Waals surface area (Å²) in [5.41, 5.74) is 0.930. The summed E-state index contributed by atoms with van der Waals surface area (Å²) in [6, 6.07) is 14.7. The lowest BCUT2D eigenvalue weighted by atomic mass is 10.1. The highest BCUT2D eigenvalue weighted by Gasteiger charge is 2.36. The van der Waals surface area contributed by atoms with Gasteiger partial charge in [0.15, 0.2) is 17.0 Å². The summed E-state index contributed by atoms with van der Waals surface area (Å²) in [4.78, 5) is 25.0. The van der Waals surface area contributed by atoms with E-state index >= 15 is 0 Å². The Morgan fingerprint density at radius 1 is 0.912 bits per heavy atom. The van der Waals surface area contributed by atoms with E-state index in [1.54, 1.807) is 4.68 Å². The van der Waals surface area contributed by atoms with Crippen LogP contribution in [0.15, 0.2) is 60.9 Å². The standard InChI is InChI=1S/C23H20F3N7O/c24-23(25,26)18-9-5-4-8-17(18)22(34)32-12-10-31(11-13-32)20-19-21(28-15-27-20)33(30-29-19)14-16-6-2-1-3-7-16/h1-9,15H,10-14H2. The van der Waals surface area contributed by atoms with Crippen molar-refractivity contribution in [2.75, 3.05) is 31.1 Å². The third-order valence-corrected chi connectivity index (χ3v) is 5.79. The number of aromatic nitrogens is 5. The highest BCUT2D eigenvalue weighted by molar-refractivity contribution is 5.96. The number of carbonyl (C=O) groups excluding carboxylic acids is 1. The van der Waals surface area contributed by atoms with Gasteiger partial charge in [-0.1, -0.05) is 47.7 Å². The zero-order valence-electron chi connectivity index (χ0n) is 18.0. The lowest BCUT2D eigenvalue weighted by Crippen LogP contribution is -2.49. The Balaban J connectivity index is 1.33. The van der Waals surface area contributed by atoms with E-state index in [-0.39, 0.29) is 18.7 Å². The molecule has 0 bridgehead atoms. The molecule has 0 saturated carbocycles. The molecule has 0 aliphatic carbocycles. The summed E-state index contributed by atoms with van der Waals surface area (Å²) in [6.45, 7) is 1.83. The Labute approximate surface area is 192 Å². The number of amides is 1. The SMILES string of the molecule is O=C(c1ccccc1C(F)(F)F)N1CCN(c2ncnc3c2nnn3Cc2ccccc2)CC1. The number of anilines is 1. The van der Waals surface area contributed by atoms with Gasteiger partial charge in [-0.2, -0.15) is 13.2 Å². The van der Waals surface area contributed by atoms with Crippen molar-refractivity contribution < 1.29 is 18.0 Å². The number of rotatable bonds is 4. The quantitative estimate of drug-likeness (QED) is 0.459. The summed E-state index contributed by atoms with van der Waals surface area (Å²) in [7, 11) is 0. The minimum atomic E-state index is -4.59. The van der Waals surface area contributed by atoms with Gasteiger partial charge in [-0.05, 0) is 17.7 Å². The van der Waals surface area contributed by atoms with E-state index in [1.807, 2.05) is 35.2 Å². The molecule has 0 spiro atoms. The highest BCUT2D eigenvalue weighted by atomic mass is 19.4. The topological polar surface area (TPSA) is 80.0 Å². The largest absolute Gasteiger partial charge is 0.417 e. The first-order valence-electron chi connectivity index (χ1n) is 10.7. The van der Waals surface area contributed by atoms with Crippen molar-refractivity contribution in [1.82, 2.24) is 29.9 Å². The summed E-state index contributed by atoms with van der Waals surface area (Å²) in [5.74, 6) is -0.0404. The number of benzene rings is 2. The third-order valence-electron chi connectivity index (χ3n) is 5.79. The molecule has 2 aromatic carbocycles. The molecular formula is C23H20F3N7O. The van der Waals surface area contributed by atoms with Crippen LogP contribution in [0.5, 0.6) is 0 Å². The number of piperazine rings is 1. The molecule has 0 atom stereocenters. The molecular weight excluding hydrogens is 447 g/mol. The lowest BCUT2D eigenvalue weighted by Gasteiger charge is -2.35. The van der Waals surface area contributed by atoms with Crippen LogP contribution in [0.3, 0.4) is 0 Å². The van der Waals surface area contributed by atoms with Crippen LogP contribution in [0.4, 0.5) is 19.0 Å². The van der Waals surface area contributed by atoms with Gasteiger partial charge in [-0.25, -0.2) is 14.6 Å². The maximum Gasteiger partial charge on any atom is 0.417 e. The molecule has 4 aromatic rings. The fourth-order valence-corrected chi connectivity index (χ4v) is 4.08. The summed E-state index contributed by atoms with van der Waals surface area (Å²) < 4.78 is 41.7. The fourth-order valence-electron chi connectivity index (χ4n) is 4.08. The van der Waals surface area contributed by atoms with Crippen molar-refractivity contribution in [3.8, 4) is 0 Å². The number of nitrogens with zero attached hydrogens (tertiary/aromatic N) is 7. The second kappa shape index (κ2) is 8.73. The fraction of sp³-hybridized carbons (Fsp3) is 0.261. The van der Waals surface area contributed by atoms with Gasteiger partial charge in [-0.3, -0.25) is 4.79 Å². The predicted octanol–water partition coefficient (Wildman–Crippen LogP) is 3.25. The lowest BCUT2D eigenvalue weighted by molar-refractivity contribution is -0.138. The van der Waals surface area contributed by atoms with Crippen molar-refractivity contribution in [2.24, 2.45) is 0 Å². The van der Waals surface area contributed by atoms with Gasteiger partial charge < -0.3 is 9.80 Å². The van der Waals surface area contributed by atoms with E-state index < -0.39 is 17.6 Å². The number of halogens is 3. The number of hydrogen-bond acceptors (Lipinski definition) is 6. The van der Waals surface area contributed by atoms with E-state index in [4.69, 9.17) is 0 Å². The molecule has 0 unspecified atom stereocenters. The summed E-state index contributed by atoms with van der Waals surface area (Å²) in [6.07, 6.45) is -3.15. The molecule has 1 aliphatic rings. The van der Waals surface area contributed by atoms with Crippen LogP contribution >= 0.6 is 0 Å². The zero-order chi connectivity index (χ0) is 23.7. The first-order valence-corrected chi connectivity index (χ1v) is 10.7. The maximum atomic E-state index is 13.3. The van der Waals surface area contributed by atoms with Crippen LogP contribution < -0.4 is 4.90 Å². The first-order chi connectivity index (χ1) is 16.4. The minimum Gasteiger partial charge on any atom is -0.351 e. The number of carbonyl (C=O) groups is 1. The van der Waals surface area contributed by atoms with Gasteiger partial charge in [-0.15, -0.1) is 5.10 Å². The Morgan fingerprint density at radius 3 is 2.35 bits per heavy atom. The molecule has 1 aliphatic heterocycles. The van der Waals surface area contributed by atoms with Crippen molar-refractivity contribution in [2.45, 2.75) is 12.7 Å². The van der Waals surface area contributed by atoms with E-state index in [2.05, 4.69) is 20.3 Å². The average Bonchev–Trinajstić information content (AvgIpc) is 3.27. The van der Waals surface area contributed by atoms with Crippen LogP contribution in [-0.2, 0) is 12.7 Å². The first kappa shape index (κ1) is 21.8. The van der Waals surface area contributed by atoms with Gasteiger partial charge in [0.25, 0.3) is 5.91 Å². The van der Waals surface area contributed by atoms with Gasteiger partial charge in [0.05, 0.1) is 17.7 Å². The molecule has 5 rings (SSSR count). The Bertz CT molecular complexity index is 1320. The molecule has 34 heavy (non-hydrogen) atoms. The average molecular weight is 467 g/mol. The van der Waals surface area contributed by atoms with Crippen LogP contribution in [0, 0.1) is 0 Å². The van der Waals surface area contributed by atoms with Gasteiger partial charge in [0, 0.05) is 26.2 Å². The molecule has 174 valence electrons. The van der Waals surface area contributed by atoms with Crippen molar-refractivity contribution >= 4 is 22.9 Å². The van der Waals surface area contributed by atoms with E-state index in [9.17, 15) is 18.0 Å². The molecule has 1 saturated heterocycles. The Morgan fingerprint density at radius 2 is 1.62 bits per heavy atom. The van der Waals surface area contributed by atoms with Gasteiger partial charge >= 0.3 is 6.18 Å². The van der Waals surface area contributed by atoms with Crippen LogP contribution in [0.25, 0.3) is 11.2 Å². The zero-order valence-corrected chi connectivity index (χ0v) is 18.0. The monoisotopic (exact) mass is 467 g/mol. The Kier molecular flexibility index (Phi) is 5.60.